The molecular formula is C69H124ClN3O8. The highest BCUT2D eigenvalue weighted by Gasteiger charge is 2.61. The number of amides is 1. The van der Waals surface area contributed by atoms with Crippen LogP contribution in [-0.4, -0.2) is 97.7 Å². The molecule has 8 aliphatic carbocycles. The number of alkyl carbamates (subject to hydrolysis) is 1. The minimum atomic E-state index is -0.643. The Balaban J connectivity index is 0.000000256. The van der Waals surface area contributed by atoms with Crippen molar-refractivity contribution in [1.29, 1.82) is 0 Å². The fourth-order valence-electron chi connectivity index (χ4n) is 18.9. The summed E-state index contributed by atoms with van der Waals surface area (Å²) in [5.41, 5.74) is 13.9. The number of allylic oxidation sites excluding steroid dienone is 2. The summed E-state index contributed by atoms with van der Waals surface area (Å²) in [6, 6.07) is 0. The molecule has 6 fully saturated rings. The zero-order valence-electron chi connectivity index (χ0n) is 54.2. The SMILES string of the molecule is CC(C)CCC[C@@H](C)[C@H]1CC[C@H]2[C@@H]3CC=C4C[C@@H](OC(=O)Cl)CC[C@]4(C)[C@H]3CC[C@]12C.CN.COCCOCCCN.COCCOCCCNC(=O)O[C@H]1CC[C@@]2(C)C(=CC[C@H]3[C@@H]4CC[C@H]([C@H](C)CCCC(C)C)[C@@]4(C)CC[C@@H]32)C1. The predicted octanol–water partition coefficient (Wildman–Crippen LogP) is 16.5. The Kier molecular flexibility index (Phi) is 29.4. The van der Waals surface area contributed by atoms with Crippen molar-refractivity contribution >= 4 is 23.1 Å². The molecule has 8 rings (SSSR count). The average Bonchev–Trinajstić information content (AvgIpc) is 4.24. The zero-order valence-corrected chi connectivity index (χ0v) is 54.9. The molecule has 0 heterocycles. The second-order valence-corrected chi connectivity index (χ2v) is 29.0. The van der Waals surface area contributed by atoms with Crippen LogP contribution < -0.4 is 16.8 Å². The van der Waals surface area contributed by atoms with Crippen molar-refractivity contribution < 1.29 is 38.0 Å². The Morgan fingerprint density at radius 3 is 1.43 bits per heavy atom. The monoisotopic (exact) mass is 1160 g/mol. The molecule has 470 valence electrons. The molecule has 1 amide bonds. The Labute approximate surface area is 501 Å². The van der Waals surface area contributed by atoms with E-state index in [4.69, 9.17) is 45.8 Å². The van der Waals surface area contributed by atoms with Gasteiger partial charge in [-0.2, -0.15) is 0 Å². The van der Waals surface area contributed by atoms with Gasteiger partial charge < -0.3 is 45.2 Å². The van der Waals surface area contributed by atoms with Crippen LogP contribution >= 0.6 is 11.6 Å². The molecule has 0 aromatic rings. The highest BCUT2D eigenvalue weighted by atomic mass is 35.5. The van der Waals surface area contributed by atoms with Gasteiger partial charge in [-0.3, -0.25) is 0 Å². The van der Waals surface area contributed by atoms with Crippen molar-refractivity contribution in [2.75, 3.05) is 74.0 Å². The molecule has 81 heavy (non-hydrogen) atoms. The first-order valence-electron chi connectivity index (χ1n) is 33.4. The molecule has 0 bridgehead atoms. The lowest BCUT2D eigenvalue weighted by molar-refractivity contribution is -0.0581. The number of hydrogen-bond acceptors (Lipinski definition) is 10. The molecular weight excluding hydrogens is 1030 g/mol. The van der Waals surface area contributed by atoms with Crippen molar-refractivity contribution in [1.82, 2.24) is 5.32 Å². The van der Waals surface area contributed by atoms with Gasteiger partial charge in [0.1, 0.15) is 12.2 Å². The molecule has 8 aliphatic rings. The van der Waals surface area contributed by atoms with Gasteiger partial charge in [-0.05, 0) is 209 Å². The number of rotatable bonds is 25. The smallest absolute Gasteiger partial charge is 0.407 e. The summed E-state index contributed by atoms with van der Waals surface area (Å²) in [6.07, 6.45) is 34.9. The third-order valence-corrected chi connectivity index (χ3v) is 23.2. The van der Waals surface area contributed by atoms with Crippen LogP contribution in [0.3, 0.4) is 0 Å². The van der Waals surface area contributed by atoms with Crippen LogP contribution in [0.1, 0.15) is 223 Å². The normalized spacial score (nSPS) is 35.2. The second kappa shape index (κ2) is 34.0. The van der Waals surface area contributed by atoms with Gasteiger partial charge in [0.15, 0.2) is 0 Å². The van der Waals surface area contributed by atoms with Crippen molar-refractivity contribution in [3.8, 4) is 0 Å². The highest BCUT2D eigenvalue weighted by molar-refractivity contribution is 6.61. The van der Waals surface area contributed by atoms with E-state index in [1.807, 2.05) is 0 Å². The van der Waals surface area contributed by atoms with Gasteiger partial charge in [-0.1, -0.05) is 131 Å². The summed E-state index contributed by atoms with van der Waals surface area (Å²) < 4.78 is 31.6. The summed E-state index contributed by atoms with van der Waals surface area (Å²) in [6.45, 7) is 30.2. The summed E-state index contributed by atoms with van der Waals surface area (Å²) >= 11 is 5.51. The third-order valence-electron chi connectivity index (χ3n) is 23.1. The van der Waals surface area contributed by atoms with E-state index in [1.165, 1.54) is 110 Å². The van der Waals surface area contributed by atoms with E-state index in [2.05, 4.69) is 92.4 Å². The van der Waals surface area contributed by atoms with Crippen LogP contribution in [0.2, 0.25) is 0 Å². The largest absolute Gasteiger partial charge is 0.450 e. The number of methoxy groups -OCH3 is 2. The number of nitrogens with two attached hydrogens (primary N) is 2. The molecule has 0 spiro atoms. The average molecular weight is 1160 g/mol. The quantitative estimate of drug-likeness (QED) is 0.0457. The minimum Gasteiger partial charge on any atom is -0.450 e. The van der Waals surface area contributed by atoms with E-state index in [0.29, 0.717) is 67.8 Å². The molecule has 0 aromatic carbocycles. The maximum atomic E-state index is 12.4. The van der Waals surface area contributed by atoms with Gasteiger partial charge in [-0.15, -0.1) is 0 Å². The van der Waals surface area contributed by atoms with Gasteiger partial charge >= 0.3 is 11.5 Å². The lowest BCUT2D eigenvalue weighted by Gasteiger charge is -2.58. The molecule has 0 radical (unpaired) electrons. The van der Waals surface area contributed by atoms with Gasteiger partial charge in [0.25, 0.3) is 0 Å². The van der Waals surface area contributed by atoms with Crippen molar-refractivity contribution in [3.63, 3.8) is 0 Å². The van der Waals surface area contributed by atoms with Crippen LogP contribution in [-0.2, 0) is 28.4 Å². The van der Waals surface area contributed by atoms with Crippen LogP contribution in [0.5, 0.6) is 0 Å². The predicted molar refractivity (Wildman–Crippen MR) is 334 cm³/mol. The van der Waals surface area contributed by atoms with Crippen LogP contribution in [0, 0.1) is 92.7 Å². The fraction of sp³-hybridized carbons (Fsp3) is 0.913. The Bertz CT molecular complexity index is 1910. The van der Waals surface area contributed by atoms with E-state index >= 15 is 0 Å². The topological polar surface area (TPSA) is 154 Å². The van der Waals surface area contributed by atoms with Crippen molar-refractivity contribution in [2.24, 2.45) is 104 Å². The van der Waals surface area contributed by atoms with Gasteiger partial charge in [0.05, 0.1) is 26.4 Å². The second-order valence-electron chi connectivity index (χ2n) is 28.7. The standard InChI is InChI=1S/C34H59NO4.C28H45ClO2.C6H15NO2.CH5N/c1-24(2)9-7-10-25(3)29-13-14-30-28-12-11-26-23-27(39-32(36)35-19-8-20-38-22-21-37-6)15-17-33(26,4)31(28)16-18-34(29,30)5;1-18(2)7-6-8-19(3)23-11-12-24-22-10-9-20-17-21(31-26(29)30)13-15-27(20,4)25(22)14-16-28(23,24)5;1-8-5-6-9-4-2-3-7;1-2/h11,24-25,27-31H,7-10,12-23H2,1-6H3,(H,35,36);9,18-19,21-25H,6-8,10-17H2,1-5H3;2-7H2,1H3;2H2,1H3/t25-,27+,28+,29-,30+,31+,33+,34-;19-,21+,22+,23-,24+,25+,27+,28-;;/m11../s1. The maximum Gasteiger partial charge on any atom is 0.407 e. The molecule has 0 aromatic heterocycles. The van der Waals surface area contributed by atoms with Crippen molar-refractivity contribution in [2.45, 2.75) is 236 Å². The van der Waals surface area contributed by atoms with E-state index in [-0.39, 0.29) is 18.3 Å². The molecule has 16 atom stereocenters. The van der Waals surface area contributed by atoms with E-state index in [1.54, 1.807) is 25.4 Å². The first-order chi connectivity index (χ1) is 38.7. The number of carbonyl (C=O) groups excluding carboxylic acids is 2. The zero-order chi connectivity index (χ0) is 59.4. The van der Waals surface area contributed by atoms with Crippen LogP contribution in [0.15, 0.2) is 23.3 Å². The summed E-state index contributed by atoms with van der Waals surface area (Å²) in [4.78, 5) is 23.7. The van der Waals surface area contributed by atoms with E-state index in [0.717, 1.165) is 129 Å². The van der Waals surface area contributed by atoms with E-state index in [9.17, 15) is 9.59 Å². The molecule has 0 saturated heterocycles. The first kappa shape index (κ1) is 70.0. The lowest BCUT2D eigenvalue weighted by atomic mass is 9.47. The highest BCUT2D eigenvalue weighted by Crippen LogP contribution is 2.69. The van der Waals surface area contributed by atoms with Crippen molar-refractivity contribution in [3.05, 3.63) is 23.3 Å². The van der Waals surface area contributed by atoms with Crippen LogP contribution in [0.4, 0.5) is 9.59 Å². The molecule has 0 unspecified atom stereocenters. The Morgan fingerprint density at radius 1 is 0.568 bits per heavy atom. The summed E-state index contributed by atoms with van der Waals surface area (Å²) in [7, 11) is 4.83. The van der Waals surface area contributed by atoms with E-state index < -0.39 is 5.43 Å². The minimum absolute atomic E-state index is 0.00948. The van der Waals surface area contributed by atoms with Gasteiger partial charge in [0.2, 0.25) is 0 Å². The molecule has 11 nitrogen and oxygen atoms in total. The molecule has 12 heteroatoms. The first-order valence-corrected chi connectivity index (χ1v) is 33.7. The number of ether oxygens (including phenoxy) is 6. The number of fused-ring (bicyclic) bond motifs is 10. The number of carbonyl (C=O) groups is 2. The Morgan fingerprint density at radius 2 is 1.01 bits per heavy atom. The molecule has 0 aliphatic heterocycles. The lowest BCUT2D eigenvalue weighted by Crippen LogP contribution is -2.51. The van der Waals surface area contributed by atoms with Gasteiger partial charge in [0, 0.05) is 58.4 Å². The maximum absolute atomic E-state index is 12.4. The van der Waals surface area contributed by atoms with Crippen LogP contribution in [0.25, 0.3) is 0 Å². The number of nitrogens with one attached hydrogen (secondary N) is 1. The number of hydrogen-bond donors (Lipinski definition) is 3. The number of halogens is 1. The molecule has 6 saturated carbocycles. The Hall–Kier alpha value is -1.73. The third kappa shape index (κ3) is 18.4. The molecule has 5 N–H and O–H groups in total. The fourth-order valence-corrected chi connectivity index (χ4v) is 19.0. The summed E-state index contributed by atoms with van der Waals surface area (Å²) in [5.74, 6) is 10.3. The van der Waals surface area contributed by atoms with Gasteiger partial charge in [-0.25, -0.2) is 9.59 Å². The summed E-state index contributed by atoms with van der Waals surface area (Å²) in [5, 5.41) is 2.92.